The fourth-order valence-electron chi connectivity index (χ4n) is 8.58. The molecule has 0 aromatic rings. The molecule has 3 rings (SSSR count). The summed E-state index contributed by atoms with van der Waals surface area (Å²) in [5.41, 5.74) is -1.43. The van der Waals surface area contributed by atoms with Crippen LogP contribution in [0.25, 0.3) is 0 Å². The maximum atomic E-state index is 13.4. The van der Waals surface area contributed by atoms with Gasteiger partial charge in [0.25, 0.3) is 0 Å². The molecule has 0 amide bonds. The van der Waals surface area contributed by atoms with Crippen molar-refractivity contribution >= 4 is 17.9 Å². The summed E-state index contributed by atoms with van der Waals surface area (Å²) >= 11 is 0. The van der Waals surface area contributed by atoms with Crippen LogP contribution in [0.5, 0.6) is 0 Å². The first-order valence-electron chi connectivity index (χ1n) is 19.1. The zero-order valence-corrected chi connectivity index (χ0v) is 31.2. The average Bonchev–Trinajstić information content (AvgIpc) is 3.35. The minimum Gasteiger partial charge on any atom is -0.459 e. The zero-order chi connectivity index (χ0) is 36.9. The summed E-state index contributed by atoms with van der Waals surface area (Å²) in [6.45, 7) is 12.1. The Morgan fingerprint density at radius 3 is 2.00 bits per heavy atom. The van der Waals surface area contributed by atoms with Gasteiger partial charge >= 0.3 is 17.9 Å². The number of esters is 3. The van der Waals surface area contributed by atoms with E-state index in [1.54, 1.807) is 6.08 Å². The van der Waals surface area contributed by atoms with Crippen molar-refractivity contribution < 1.29 is 48.7 Å². The van der Waals surface area contributed by atoms with Crippen LogP contribution in [0.15, 0.2) is 36.0 Å². The van der Waals surface area contributed by atoms with Crippen LogP contribution in [0.4, 0.5) is 0 Å². The van der Waals surface area contributed by atoms with Crippen LogP contribution in [0.2, 0.25) is 0 Å². The number of hydrogen-bond donors (Lipinski definition) is 3. The third kappa shape index (κ3) is 10.1. The SMILES string of the molecule is C=CC(=CCC1(C)C(C)C(OC(=O)CCCCCCCCCCCCCCC)C(O)C23C(=CC(O)CC12)C(OC(C)=O)OC3OC(C)=O)CO. The van der Waals surface area contributed by atoms with Gasteiger partial charge in [0.05, 0.1) is 18.1 Å². The molecule has 1 spiro atoms. The van der Waals surface area contributed by atoms with Gasteiger partial charge in [0.15, 0.2) is 0 Å². The van der Waals surface area contributed by atoms with Gasteiger partial charge in [-0.3, -0.25) is 19.1 Å². The Morgan fingerprint density at radius 2 is 1.48 bits per heavy atom. The lowest BCUT2D eigenvalue weighted by atomic mass is 9.44. The topological polar surface area (TPSA) is 149 Å². The quantitative estimate of drug-likeness (QED) is 0.0375. The zero-order valence-electron chi connectivity index (χ0n) is 31.2. The molecule has 0 radical (unpaired) electrons. The van der Waals surface area contributed by atoms with E-state index in [4.69, 9.17) is 18.9 Å². The molecule has 0 aromatic carbocycles. The van der Waals surface area contributed by atoms with Gasteiger partial charge in [0.1, 0.15) is 12.2 Å². The number of allylic oxidation sites excluding steroid dienone is 1. The van der Waals surface area contributed by atoms with Crippen LogP contribution < -0.4 is 0 Å². The van der Waals surface area contributed by atoms with Gasteiger partial charge < -0.3 is 29.5 Å². The number of ether oxygens (including phenoxy) is 4. The number of rotatable bonds is 21. The highest BCUT2D eigenvalue weighted by Gasteiger charge is 2.74. The molecule has 2 aliphatic carbocycles. The second-order valence-corrected chi connectivity index (χ2v) is 15.0. The maximum Gasteiger partial charge on any atom is 0.306 e. The summed E-state index contributed by atoms with van der Waals surface area (Å²) in [4.78, 5) is 38.0. The average molecular weight is 705 g/mol. The number of hydrogen-bond acceptors (Lipinski definition) is 10. The monoisotopic (exact) mass is 704 g/mol. The van der Waals surface area contributed by atoms with Gasteiger partial charge in [-0.05, 0) is 42.2 Å². The molecule has 1 heterocycles. The number of aliphatic hydroxyl groups is 3. The second-order valence-electron chi connectivity index (χ2n) is 15.0. The van der Waals surface area contributed by atoms with Crippen LogP contribution in [0.1, 0.15) is 137 Å². The van der Waals surface area contributed by atoms with Gasteiger partial charge in [0, 0.05) is 31.8 Å². The molecule has 10 nitrogen and oxygen atoms in total. The van der Waals surface area contributed by atoms with E-state index in [1.807, 2.05) is 19.9 Å². The Balaban J connectivity index is 1.78. The molecule has 2 fully saturated rings. The first kappa shape index (κ1) is 41.9. The first-order chi connectivity index (χ1) is 23.9. The van der Waals surface area contributed by atoms with Gasteiger partial charge in [-0.25, -0.2) is 0 Å². The molecular formula is C40H64O10. The Bertz CT molecular complexity index is 1190. The highest BCUT2D eigenvalue weighted by molar-refractivity contribution is 5.70. The predicted octanol–water partition coefficient (Wildman–Crippen LogP) is 6.99. The van der Waals surface area contributed by atoms with Crippen molar-refractivity contribution in [1.29, 1.82) is 0 Å². The molecule has 1 saturated heterocycles. The molecule has 10 heteroatoms. The summed E-state index contributed by atoms with van der Waals surface area (Å²) < 4.78 is 23.4. The minimum absolute atomic E-state index is 0.172. The Hall–Kier alpha value is -2.53. The van der Waals surface area contributed by atoms with Crippen LogP contribution in [-0.2, 0) is 33.3 Å². The van der Waals surface area contributed by atoms with E-state index in [9.17, 15) is 29.7 Å². The third-order valence-electron chi connectivity index (χ3n) is 11.5. The summed E-state index contributed by atoms with van der Waals surface area (Å²) in [6.07, 6.45) is 14.9. The first-order valence-corrected chi connectivity index (χ1v) is 19.1. The summed E-state index contributed by atoms with van der Waals surface area (Å²) in [6, 6.07) is 0. The van der Waals surface area contributed by atoms with Gasteiger partial charge in [0.2, 0.25) is 12.6 Å². The van der Waals surface area contributed by atoms with Crippen molar-refractivity contribution in [2.75, 3.05) is 6.61 Å². The highest BCUT2D eigenvalue weighted by atomic mass is 16.8. The number of aliphatic hydroxyl groups excluding tert-OH is 3. The Kier molecular flexibility index (Phi) is 16.7. The number of carbonyl (C=O) groups is 3. The molecular weight excluding hydrogens is 640 g/mol. The van der Waals surface area contributed by atoms with E-state index in [0.717, 1.165) is 19.3 Å². The number of unbranched alkanes of at least 4 members (excludes halogenated alkanes) is 12. The van der Waals surface area contributed by atoms with Crippen molar-refractivity contribution in [2.45, 2.75) is 168 Å². The van der Waals surface area contributed by atoms with Crippen LogP contribution in [-0.4, -0.2) is 70.7 Å². The molecule has 50 heavy (non-hydrogen) atoms. The highest BCUT2D eigenvalue weighted by Crippen LogP contribution is 2.67. The van der Waals surface area contributed by atoms with Gasteiger partial charge in [-0.1, -0.05) is 117 Å². The second kappa shape index (κ2) is 19.9. The molecule has 1 aliphatic heterocycles. The third-order valence-corrected chi connectivity index (χ3v) is 11.5. The summed E-state index contributed by atoms with van der Waals surface area (Å²) in [5, 5.41) is 33.4. The van der Waals surface area contributed by atoms with Crippen molar-refractivity contribution in [3.63, 3.8) is 0 Å². The fourth-order valence-corrected chi connectivity index (χ4v) is 8.58. The summed E-state index contributed by atoms with van der Waals surface area (Å²) in [7, 11) is 0. The van der Waals surface area contributed by atoms with E-state index in [2.05, 4.69) is 13.5 Å². The maximum absolute atomic E-state index is 13.4. The minimum atomic E-state index is -1.51. The molecule has 3 N–H and O–H groups in total. The lowest BCUT2D eigenvalue weighted by Crippen LogP contribution is -2.68. The van der Waals surface area contributed by atoms with E-state index < -0.39 is 71.5 Å². The molecule has 1 saturated carbocycles. The molecule has 3 aliphatic rings. The van der Waals surface area contributed by atoms with E-state index in [1.165, 1.54) is 77.7 Å². The van der Waals surface area contributed by atoms with E-state index in [0.29, 0.717) is 18.4 Å². The van der Waals surface area contributed by atoms with E-state index >= 15 is 0 Å². The van der Waals surface area contributed by atoms with Gasteiger partial charge in [-0.2, -0.15) is 0 Å². The number of carbonyl (C=O) groups excluding carboxylic acids is 3. The van der Waals surface area contributed by atoms with Crippen molar-refractivity contribution in [3.05, 3.63) is 36.0 Å². The van der Waals surface area contributed by atoms with Crippen LogP contribution in [0, 0.1) is 22.7 Å². The summed E-state index contributed by atoms with van der Waals surface area (Å²) in [5.74, 6) is -2.79. The van der Waals surface area contributed by atoms with Crippen molar-refractivity contribution in [2.24, 2.45) is 22.7 Å². The Labute approximate surface area is 299 Å². The molecule has 9 unspecified atom stereocenters. The van der Waals surface area contributed by atoms with Gasteiger partial charge in [-0.15, -0.1) is 0 Å². The normalized spacial score (nSPS) is 32.0. The molecule has 9 atom stereocenters. The Morgan fingerprint density at radius 1 is 0.920 bits per heavy atom. The largest absolute Gasteiger partial charge is 0.459 e. The lowest BCUT2D eigenvalue weighted by Gasteiger charge is -2.62. The van der Waals surface area contributed by atoms with Crippen LogP contribution in [0.3, 0.4) is 0 Å². The van der Waals surface area contributed by atoms with Crippen molar-refractivity contribution in [1.82, 2.24) is 0 Å². The lowest BCUT2D eigenvalue weighted by molar-refractivity contribution is -0.275. The molecule has 284 valence electrons. The molecule has 0 bridgehead atoms. The smallest absolute Gasteiger partial charge is 0.306 e. The van der Waals surface area contributed by atoms with E-state index in [-0.39, 0.29) is 25.0 Å². The molecule has 0 aromatic heterocycles. The fraction of sp³-hybridized carbons (Fsp3) is 0.775. The van der Waals surface area contributed by atoms with Crippen LogP contribution >= 0.6 is 0 Å². The standard InChI is InChI=1S/C40H64O10/c1-7-9-10-11-12-13-14-15-16-17-18-19-20-21-34(45)49-35-27(3)39(6,23-22-30(8-2)26-41)33-25-31(44)24-32-37(47-28(4)42)50-38(48-29(5)43)40(32,33)36(35)46/h8,22,24,27,31,33,35-38,41,44,46H,2,7,9-21,23,25-26H2,1,3-6H3. The van der Waals surface area contributed by atoms with Crippen molar-refractivity contribution in [3.8, 4) is 0 Å². The predicted molar refractivity (Wildman–Crippen MR) is 190 cm³/mol.